The van der Waals surface area contributed by atoms with Gasteiger partial charge in [-0.2, -0.15) is 5.10 Å². The Morgan fingerprint density at radius 2 is 2.10 bits per heavy atom. The molecule has 1 N–H and O–H groups in total. The fourth-order valence-electron chi connectivity index (χ4n) is 2.67. The number of nitrogens with one attached hydrogen (secondary N) is 1. The third kappa shape index (κ3) is 2.69. The molecule has 3 aromatic rings. The van der Waals surface area contributed by atoms with Gasteiger partial charge in [0.05, 0.1) is 6.54 Å². The maximum atomic E-state index is 4.36. The van der Waals surface area contributed by atoms with Gasteiger partial charge in [0.15, 0.2) is 0 Å². The Balaban J connectivity index is 1.93. The number of aromatic nitrogens is 4. The molecule has 0 atom stereocenters. The van der Waals surface area contributed by atoms with Gasteiger partial charge in [-0.15, -0.1) is 0 Å². The van der Waals surface area contributed by atoms with Crippen LogP contribution in [0.2, 0.25) is 0 Å². The smallest absolute Gasteiger partial charge is 0.146 e. The Kier molecular flexibility index (Phi) is 4.01. The van der Waals surface area contributed by atoms with Crippen LogP contribution in [0.25, 0.3) is 10.9 Å². The third-order valence-electron chi connectivity index (χ3n) is 3.78. The minimum Gasteiger partial charge on any atom is -0.340 e. The van der Waals surface area contributed by atoms with Crippen LogP contribution in [0.4, 0.5) is 0 Å². The van der Waals surface area contributed by atoms with Crippen molar-refractivity contribution in [3.8, 4) is 0 Å². The number of nitrogens with zero attached hydrogens (tertiary/aromatic N) is 4. The van der Waals surface area contributed by atoms with Gasteiger partial charge in [0.25, 0.3) is 0 Å². The van der Waals surface area contributed by atoms with E-state index in [4.69, 9.17) is 0 Å². The Hall–Kier alpha value is -2.14. The molecule has 0 unspecified atom stereocenters. The molecule has 0 spiro atoms. The minimum absolute atomic E-state index is 0.752. The molecule has 1 aromatic carbocycles. The highest BCUT2D eigenvalue weighted by atomic mass is 15.3. The summed E-state index contributed by atoms with van der Waals surface area (Å²) < 4.78 is 4.18. The van der Waals surface area contributed by atoms with E-state index in [1.165, 1.54) is 16.5 Å². The molecule has 110 valence electrons. The quantitative estimate of drug-likeness (QED) is 0.755. The van der Waals surface area contributed by atoms with E-state index < -0.39 is 0 Å². The molecule has 0 aliphatic heterocycles. The number of rotatable bonds is 6. The molecule has 2 heterocycles. The normalized spacial score (nSPS) is 11.3. The molecular weight excluding hydrogens is 262 g/mol. The van der Waals surface area contributed by atoms with E-state index in [0.29, 0.717) is 0 Å². The number of benzene rings is 1. The van der Waals surface area contributed by atoms with E-state index in [0.717, 1.165) is 32.0 Å². The molecule has 0 aliphatic carbocycles. The van der Waals surface area contributed by atoms with Gasteiger partial charge in [0.1, 0.15) is 12.2 Å². The van der Waals surface area contributed by atoms with Crippen molar-refractivity contribution in [2.24, 2.45) is 0 Å². The molecule has 2 aromatic heterocycles. The summed E-state index contributed by atoms with van der Waals surface area (Å²) in [5, 5.41) is 8.94. The number of hydrogen-bond donors (Lipinski definition) is 1. The standard InChI is InChI=1S/C16H21N5/c1-3-17-10-13-6-5-7-15-14(13)8-9-20(15)11-16-18-12-19-21(16)4-2/h5-9,12,17H,3-4,10-11H2,1-2H3. The maximum absolute atomic E-state index is 4.36. The molecule has 0 bridgehead atoms. The van der Waals surface area contributed by atoms with Gasteiger partial charge in [0.2, 0.25) is 0 Å². The summed E-state index contributed by atoms with van der Waals surface area (Å²) in [7, 11) is 0. The van der Waals surface area contributed by atoms with Crippen molar-refractivity contribution in [2.45, 2.75) is 33.5 Å². The molecule has 0 saturated heterocycles. The van der Waals surface area contributed by atoms with Crippen LogP contribution in [0.15, 0.2) is 36.8 Å². The van der Waals surface area contributed by atoms with Gasteiger partial charge in [-0.25, -0.2) is 9.67 Å². The van der Waals surface area contributed by atoms with Crippen molar-refractivity contribution in [1.82, 2.24) is 24.6 Å². The summed E-state index contributed by atoms with van der Waals surface area (Å²) in [4.78, 5) is 4.36. The van der Waals surface area contributed by atoms with Crippen molar-refractivity contribution >= 4 is 10.9 Å². The summed E-state index contributed by atoms with van der Waals surface area (Å²) in [6.07, 6.45) is 3.76. The van der Waals surface area contributed by atoms with Crippen LogP contribution >= 0.6 is 0 Å². The second-order valence-electron chi connectivity index (χ2n) is 5.07. The third-order valence-corrected chi connectivity index (χ3v) is 3.78. The van der Waals surface area contributed by atoms with Gasteiger partial charge >= 0.3 is 0 Å². The molecule has 0 saturated carbocycles. The zero-order valence-corrected chi connectivity index (χ0v) is 12.6. The first kappa shape index (κ1) is 13.8. The molecule has 3 rings (SSSR count). The molecular formula is C16H21N5. The van der Waals surface area contributed by atoms with Crippen molar-refractivity contribution in [3.05, 3.63) is 48.2 Å². The topological polar surface area (TPSA) is 47.7 Å². The fraction of sp³-hybridized carbons (Fsp3) is 0.375. The zero-order valence-electron chi connectivity index (χ0n) is 12.6. The first-order valence-electron chi connectivity index (χ1n) is 7.47. The lowest BCUT2D eigenvalue weighted by Crippen LogP contribution is -2.12. The van der Waals surface area contributed by atoms with Crippen LogP contribution in [0, 0.1) is 0 Å². The van der Waals surface area contributed by atoms with Crippen LogP contribution in [0.1, 0.15) is 25.2 Å². The van der Waals surface area contributed by atoms with Crippen LogP contribution in [0.5, 0.6) is 0 Å². The second kappa shape index (κ2) is 6.10. The lowest BCUT2D eigenvalue weighted by molar-refractivity contribution is 0.597. The van der Waals surface area contributed by atoms with Gasteiger partial charge < -0.3 is 9.88 Å². The SMILES string of the molecule is CCNCc1cccc2c1ccn2Cc1ncnn1CC. The first-order valence-corrected chi connectivity index (χ1v) is 7.47. The molecule has 21 heavy (non-hydrogen) atoms. The summed E-state index contributed by atoms with van der Waals surface area (Å²) in [5.74, 6) is 0.993. The average molecular weight is 283 g/mol. The second-order valence-corrected chi connectivity index (χ2v) is 5.07. The van der Waals surface area contributed by atoms with Crippen LogP contribution < -0.4 is 5.32 Å². The van der Waals surface area contributed by atoms with E-state index in [1.54, 1.807) is 6.33 Å². The molecule has 0 fully saturated rings. The molecule has 5 nitrogen and oxygen atoms in total. The number of hydrogen-bond acceptors (Lipinski definition) is 3. The zero-order chi connectivity index (χ0) is 14.7. The van der Waals surface area contributed by atoms with Crippen molar-refractivity contribution in [2.75, 3.05) is 6.54 Å². The minimum atomic E-state index is 0.752. The molecule has 0 aliphatic rings. The number of aryl methyl sites for hydroxylation is 1. The predicted molar refractivity (Wildman–Crippen MR) is 84.1 cm³/mol. The average Bonchev–Trinajstić information content (AvgIpc) is 3.13. The van der Waals surface area contributed by atoms with Crippen LogP contribution in [-0.2, 0) is 19.6 Å². The Bertz CT molecular complexity index is 725. The maximum Gasteiger partial charge on any atom is 0.146 e. The van der Waals surface area contributed by atoms with Crippen molar-refractivity contribution < 1.29 is 0 Å². The van der Waals surface area contributed by atoms with Gasteiger partial charge in [-0.1, -0.05) is 19.1 Å². The fourth-order valence-corrected chi connectivity index (χ4v) is 2.67. The lowest BCUT2D eigenvalue weighted by atomic mass is 10.1. The van der Waals surface area contributed by atoms with Crippen LogP contribution in [0.3, 0.4) is 0 Å². The Morgan fingerprint density at radius 1 is 1.19 bits per heavy atom. The van der Waals surface area contributed by atoms with E-state index in [9.17, 15) is 0 Å². The van der Waals surface area contributed by atoms with Crippen molar-refractivity contribution in [1.29, 1.82) is 0 Å². The van der Waals surface area contributed by atoms with E-state index in [-0.39, 0.29) is 0 Å². The van der Waals surface area contributed by atoms with E-state index >= 15 is 0 Å². The van der Waals surface area contributed by atoms with Crippen LogP contribution in [-0.4, -0.2) is 25.9 Å². The molecule has 0 radical (unpaired) electrons. The Morgan fingerprint density at radius 3 is 2.90 bits per heavy atom. The predicted octanol–water partition coefficient (Wildman–Crippen LogP) is 2.41. The number of fused-ring (bicyclic) bond motifs is 1. The first-order chi connectivity index (χ1) is 10.3. The molecule has 5 heteroatoms. The highest BCUT2D eigenvalue weighted by molar-refractivity contribution is 5.83. The monoisotopic (exact) mass is 283 g/mol. The lowest BCUT2D eigenvalue weighted by Gasteiger charge is -2.08. The largest absolute Gasteiger partial charge is 0.340 e. The summed E-state index contributed by atoms with van der Waals surface area (Å²) in [6, 6.07) is 8.66. The van der Waals surface area contributed by atoms with Gasteiger partial charge in [0, 0.05) is 30.2 Å². The summed E-state index contributed by atoms with van der Waals surface area (Å²) >= 11 is 0. The highest BCUT2D eigenvalue weighted by Crippen LogP contribution is 2.21. The molecule has 0 amide bonds. The highest BCUT2D eigenvalue weighted by Gasteiger charge is 2.08. The van der Waals surface area contributed by atoms with E-state index in [2.05, 4.69) is 64.3 Å². The Labute approximate surface area is 124 Å². The van der Waals surface area contributed by atoms with E-state index in [1.807, 2.05) is 4.68 Å². The van der Waals surface area contributed by atoms with Crippen molar-refractivity contribution in [3.63, 3.8) is 0 Å². The summed E-state index contributed by atoms with van der Waals surface area (Å²) in [6.45, 7) is 7.70. The van der Waals surface area contributed by atoms with Gasteiger partial charge in [-0.3, -0.25) is 0 Å². The summed E-state index contributed by atoms with van der Waals surface area (Å²) in [5.41, 5.74) is 2.58. The van der Waals surface area contributed by atoms with Gasteiger partial charge in [-0.05, 0) is 31.2 Å².